The number of rotatable bonds is 10. The zero-order chi connectivity index (χ0) is 14.0. The molecule has 0 aromatic heterocycles. The molecule has 1 rings (SSSR count). The van der Waals surface area contributed by atoms with Crippen LogP contribution < -0.4 is 10.0 Å². The first-order valence-electron chi connectivity index (χ1n) is 6.89. The number of methoxy groups -OCH3 is 1. The zero-order valence-corrected chi connectivity index (χ0v) is 12.5. The standard InChI is InChI=1S/C12H26N2O4S/c1-17-8-9-18-7-3-6-14-19(15,16)11-12-4-2-5-13-10-12/h12-14H,2-11H2,1H3. The molecule has 0 bridgehead atoms. The number of sulfonamides is 1. The van der Waals surface area contributed by atoms with Crippen molar-refractivity contribution >= 4 is 10.0 Å². The molecule has 0 amide bonds. The van der Waals surface area contributed by atoms with Gasteiger partial charge in [-0.1, -0.05) is 0 Å². The summed E-state index contributed by atoms with van der Waals surface area (Å²) in [5.41, 5.74) is 0. The highest BCUT2D eigenvalue weighted by molar-refractivity contribution is 7.89. The largest absolute Gasteiger partial charge is 0.382 e. The Kier molecular flexibility index (Phi) is 8.56. The van der Waals surface area contributed by atoms with E-state index in [0.29, 0.717) is 32.8 Å². The number of hydrogen-bond donors (Lipinski definition) is 2. The second-order valence-electron chi connectivity index (χ2n) is 4.85. The Morgan fingerprint density at radius 2 is 2.16 bits per heavy atom. The van der Waals surface area contributed by atoms with Gasteiger partial charge in [0.2, 0.25) is 10.0 Å². The first kappa shape index (κ1) is 16.8. The van der Waals surface area contributed by atoms with Gasteiger partial charge in [0.25, 0.3) is 0 Å². The van der Waals surface area contributed by atoms with E-state index in [0.717, 1.165) is 25.9 Å². The second kappa shape index (κ2) is 9.66. The maximum atomic E-state index is 11.8. The molecule has 1 unspecified atom stereocenters. The molecule has 2 N–H and O–H groups in total. The molecule has 1 fully saturated rings. The highest BCUT2D eigenvalue weighted by Gasteiger charge is 2.20. The molecule has 7 heteroatoms. The van der Waals surface area contributed by atoms with Crippen molar-refractivity contribution < 1.29 is 17.9 Å². The molecule has 1 heterocycles. The van der Waals surface area contributed by atoms with Crippen LogP contribution >= 0.6 is 0 Å². The third kappa shape index (κ3) is 8.54. The van der Waals surface area contributed by atoms with E-state index < -0.39 is 10.0 Å². The molecule has 0 aromatic carbocycles. The molecule has 19 heavy (non-hydrogen) atoms. The van der Waals surface area contributed by atoms with Crippen molar-refractivity contribution in [3.8, 4) is 0 Å². The third-order valence-corrected chi connectivity index (χ3v) is 4.63. The summed E-state index contributed by atoms with van der Waals surface area (Å²) in [6, 6.07) is 0. The van der Waals surface area contributed by atoms with Gasteiger partial charge in [0.05, 0.1) is 19.0 Å². The van der Waals surface area contributed by atoms with Crippen molar-refractivity contribution in [1.29, 1.82) is 0 Å². The van der Waals surface area contributed by atoms with Crippen molar-refractivity contribution in [3.05, 3.63) is 0 Å². The van der Waals surface area contributed by atoms with Gasteiger partial charge in [0.1, 0.15) is 0 Å². The van der Waals surface area contributed by atoms with Gasteiger partial charge in [-0.25, -0.2) is 13.1 Å². The molecule has 1 atom stereocenters. The summed E-state index contributed by atoms with van der Waals surface area (Å²) in [6.07, 6.45) is 2.74. The van der Waals surface area contributed by atoms with Crippen LogP contribution in [0.4, 0.5) is 0 Å². The van der Waals surface area contributed by atoms with Gasteiger partial charge in [-0.2, -0.15) is 0 Å². The third-order valence-electron chi connectivity index (χ3n) is 3.07. The zero-order valence-electron chi connectivity index (χ0n) is 11.7. The molecule has 0 aromatic rings. The van der Waals surface area contributed by atoms with Gasteiger partial charge >= 0.3 is 0 Å². The second-order valence-corrected chi connectivity index (χ2v) is 6.70. The molecule has 1 aliphatic rings. The Balaban J connectivity index is 2.06. The van der Waals surface area contributed by atoms with E-state index in [4.69, 9.17) is 9.47 Å². The van der Waals surface area contributed by atoms with E-state index >= 15 is 0 Å². The fourth-order valence-corrected chi connectivity index (χ4v) is 3.56. The normalized spacial score (nSPS) is 20.6. The van der Waals surface area contributed by atoms with Crippen LogP contribution in [0.2, 0.25) is 0 Å². The minimum absolute atomic E-state index is 0.227. The summed E-state index contributed by atoms with van der Waals surface area (Å²) in [5.74, 6) is 0.467. The highest BCUT2D eigenvalue weighted by Crippen LogP contribution is 2.11. The van der Waals surface area contributed by atoms with Crippen LogP contribution in [0.5, 0.6) is 0 Å². The van der Waals surface area contributed by atoms with Gasteiger partial charge in [0.15, 0.2) is 0 Å². The van der Waals surface area contributed by atoms with Gasteiger partial charge in [-0.3, -0.25) is 0 Å². The minimum Gasteiger partial charge on any atom is -0.382 e. The highest BCUT2D eigenvalue weighted by atomic mass is 32.2. The maximum absolute atomic E-state index is 11.8. The molecule has 1 aliphatic heterocycles. The van der Waals surface area contributed by atoms with E-state index in [1.54, 1.807) is 7.11 Å². The molecule has 0 saturated carbocycles. The fourth-order valence-electron chi connectivity index (χ4n) is 2.08. The number of piperidine rings is 1. The lowest BCUT2D eigenvalue weighted by molar-refractivity contribution is 0.0699. The number of nitrogens with one attached hydrogen (secondary N) is 2. The first-order chi connectivity index (χ1) is 9.14. The summed E-state index contributed by atoms with van der Waals surface area (Å²) in [4.78, 5) is 0. The summed E-state index contributed by atoms with van der Waals surface area (Å²) in [6.45, 7) is 3.92. The topological polar surface area (TPSA) is 76.7 Å². The van der Waals surface area contributed by atoms with Crippen molar-refractivity contribution in [2.75, 3.05) is 52.3 Å². The summed E-state index contributed by atoms with van der Waals surface area (Å²) >= 11 is 0. The molecule has 0 radical (unpaired) electrons. The summed E-state index contributed by atoms with van der Waals surface area (Å²) in [5, 5.41) is 3.23. The minimum atomic E-state index is -3.15. The Labute approximate surface area is 116 Å². The van der Waals surface area contributed by atoms with Gasteiger partial charge < -0.3 is 14.8 Å². The smallest absolute Gasteiger partial charge is 0.211 e. The monoisotopic (exact) mass is 294 g/mol. The predicted molar refractivity (Wildman–Crippen MR) is 74.7 cm³/mol. The van der Waals surface area contributed by atoms with Crippen molar-refractivity contribution in [2.45, 2.75) is 19.3 Å². The van der Waals surface area contributed by atoms with E-state index in [1.807, 2.05) is 0 Å². The molecule has 0 aliphatic carbocycles. The number of ether oxygens (including phenoxy) is 2. The van der Waals surface area contributed by atoms with Crippen molar-refractivity contribution in [2.24, 2.45) is 5.92 Å². The van der Waals surface area contributed by atoms with Gasteiger partial charge in [-0.05, 0) is 38.3 Å². The van der Waals surface area contributed by atoms with E-state index in [9.17, 15) is 8.42 Å². The average molecular weight is 294 g/mol. The lowest BCUT2D eigenvalue weighted by Gasteiger charge is -2.22. The predicted octanol–water partition coefficient (Wildman–Crippen LogP) is -0.0415. The first-order valence-corrected chi connectivity index (χ1v) is 8.54. The maximum Gasteiger partial charge on any atom is 0.211 e. The van der Waals surface area contributed by atoms with Crippen LogP contribution in [0.3, 0.4) is 0 Å². The Hall–Kier alpha value is -0.210. The molecular formula is C12H26N2O4S. The molecule has 0 spiro atoms. The van der Waals surface area contributed by atoms with Crippen LogP contribution in [0, 0.1) is 5.92 Å². The quantitative estimate of drug-likeness (QED) is 0.553. The van der Waals surface area contributed by atoms with E-state index in [1.165, 1.54) is 0 Å². The average Bonchev–Trinajstić information content (AvgIpc) is 2.38. The molecular weight excluding hydrogens is 268 g/mol. The molecule has 114 valence electrons. The van der Waals surface area contributed by atoms with Crippen molar-refractivity contribution in [1.82, 2.24) is 10.0 Å². The molecule has 6 nitrogen and oxygen atoms in total. The van der Waals surface area contributed by atoms with Crippen molar-refractivity contribution in [3.63, 3.8) is 0 Å². The van der Waals surface area contributed by atoms with Gasteiger partial charge in [0, 0.05) is 20.3 Å². The van der Waals surface area contributed by atoms with E-state index in [2.05, 4.69) is 10.0 Å². The Bertz CT molecular complexity index is 316. The number of hydrogen-bond acceptors (Lipinski definition) is 5. The van der Waals surface area contributed by atoms with Gasteiger partial charge in [-0.15, -0.1) is 0 Å². The molecule has 1 saturated heterocycles. The fraction of sp³-hybridized carbons (Fsp3) is 1.00. The van der Waals surface area contributed by atoms with E-state index in [-0.39, 0.29) is 11.7 Å². The Morgan fingerprint density at radius 3 is 2.84 bits per heavy atom. The Morgan fingerprint density at radius 1 is 1.32 bits per heavy atom. The van der Waals surface area contributed by atoms with Crippen LogP contribution in [0.15, 0.2) is 0 Å². The summed E-state index contributed by atoms with van der Waals surface area (Å²) < 4.78 is 36.4. The van der Waals surface area contributed by atoms with Crippen LogP contribution in [0.1, 0.15) is 19.3 Å². The summed E-state index contributed by atoms with van der Waals surface area (Å²) in [7, 11) is -1.53. The van der Waals surface area contributed by atoms with Crippen LogP contribution in [-0.4, -0.2) is 60.7 Å². The SMILES string of the molecule is COCCOCCCNS(=O)(=O)CC1CCCNC1. The lowest BCUT2D eigenvalue weighted by atomic mass is 10.0. The van der Waals surface area contributed by atoms with Crippen LogP contribution in [0.25, 0.3) is 0 Å². The lowest BCUT2D eigenvalue weighted by Crippen LogP contribution is -2.38. The van der Waals surface area contributed by atoms with Crippen LogP contribution in [-0.2, 0) is 19.5 Å².